The molecule has 0 saturated heterocycles. The molecule has 2 aromatic carbocycles. The van der Waals surface area contributed by atoms with Crippen molar-refractivity contribution in [3.05, 3.63) is 70.0 Å². The summed E-state index contributed by atoms with van der Waals surface area (Å²) in [5.41, 5.74) is -0.498. The molecule has 3 aromatic rings. The van der Waals surface area contributed by atoms with Gasteiger partial charge in [-0.1, -0.05) is 24.3 Å². The molecule has 0 spiro atoms. The molecule has 150 valence electrons. The van der Waals surface area contributed by atoms with Crippen LogP contribution in [0.25, 0.3) is 10.9 Å². The SMILES string of the molecule is COc1ccc(COn2c(=O)c(C(=O)NCC(=O)O)c(O)c3ccccc32)cc1. The van der Waals surface area contributed by atoms with Crippen molar-refractivity contribution in [3.8, 4) is 11.5 Å². The van der Waals surface area contributed by atoms with Crippen molar-refractivity contribution in [1.82, 2.24) is 10.0 Å². The fourth-order valence-corrected chi connectivity index (χ4v) is 2.74. The lowest BCUT2D eigenvalue weighted by molar-refractivity contribution is -0.135. The van der Waals surface area contributed by atoms with E-state index in [0.29, 0.717) is 5.75 Å². The normalized spacial score (nSPS) is 10.5. The number of fused-ring (bicyclic) bond motifs is 1. The van der Waals surface area contributed by atoms with Crippen LogP contribution in [0.2, 0.25) is 0 Å². The Bertz CT molecular complexity index is 1120. The third-order valence-corrected chi connectivity index (χ3v) is 4.16. The lowest BCUT2D eigenvalue weighted by Gasteiger charge is -2.15. The molecule has 0 aliphatic heterocycles. The molecule has 1 heterocycles. The van der Waals surface area contributed by atoms with Crippen molar-refractivity contribution < 1.29 is 29.4 Å². The number of carboxylic acids is 1. The topological polar surface area (TPSA) is 127 Å². The van der Waals surface area contributed by atoms with Crippen molar-refractivity contribution in [1.29, 1.82) is 0 Å². The van der Waals surface area contributed by atoms with Crippen LogP contribution in [0.5, 0.6) is 11.5 Å². The summed E-state index contributed by atoms with van der Waals surface area (Å²) >= 11 is 0. The van der Waals surface area contributed by atoms with E-state index in [2.05, 4.69) is 5.32 Å². The second-order valence-electron chi connectivity index (χ2n) is 6.04. The Kier molecular flexibility index (Phi) is 5.68. The molecule has 9 nitrogen and oxygen atoms in total. The molecule has 0 aliphatic rings. The summed E-state index contributed by atoms with van der Waals surface area (Å²) in [5.74, 6) is -2.17. The largest absolute Gasteiger partial charge is 0.506 e. The number of ether oxygens (including phenoxy) is 1. The monoisotopic (exact) mass is 398 g/mol. The van der Waals surface area contributed by atoms with Crippen LogP contribution in [0, 0.1) is 0 Å². The van der Waals surface area contributed by atoms with Gasteiger partial charge in [-0.25, -0.2) is 0 Å². The molecular formula is C20H18N2O7. The van der Waals surface area contributed by atoms with Gasteiger partial charge >= 0.3 is 5.97 Å². The van der Waals surface area contributed by atoms with Crippen LogP contribution in [0.15, 0.2) is 53.3 Å². The molecule has 3 N–H and O–H groups in total. The first-order valence-electron chi connectivity index (χ1n) is 8.55. The van der Waals surface area contributed by atoms with Crippen molar-refractivity contribution >= 4 is 22.8 Å². The fourth-order valence-electron chi connectivity index (χ4n) is 2.74. The first kappa shape index (κ1) is 19.7. The number of aliphatic carboxylic acids is 1. The van der Waals surface area contributed by atoms with Gasteiger partial charge in [0.15, 0.2) is 5.56 Å². The van der Waals surface area contributed by atoms with Gasteiger partial charge in [-0.05, 0) is 29.8 Å². The van der Waals surface area contributed by atoms with Gasteiger partial charge in [-0.3, -0.25) is 14.4 Å². The lowest BCUT2D eigenvalue weighted by atomic mass is 10.1. The summed E-state index contributed by atoms with van der Waals surface area (Å²) in [7, 11) is 1.55. The molecule has 1 aromatic heterocycles. The van der Waals surface area contributed by atoms with Crippen molar-refractivity contribution in [2.75, 3.05) is 13.7 Å². The van der Waals surface area contributed by atoms with Gasteiger partial charge in [-0.15, -0.1) is 4.73 Å². The number of benzene rings is 2. The maximum atomic E-state index is 12.9. The molecule has 29 heavy (non-hydrogen) atoms. The highest BCUT2D eigenvalue weighted by Gasteiger charge is 2.23. The number of amides is 1. The second kappa shape index (κ2) is 8.34. The number of hydrogen-bond donors (Lipinski definition) is 3. The van der Waals surface area contributed by atoms with E-state index in [0.717, 1.165) is 10.3 Å². The third-order valence-electron chi connectivity index (χ3n) is 4.16. The molecule has 0 atom stereocenters. The Morgan fingerprint density at radius 1 is 1.10 bits per heavy atom. The molecule has 0 fully saturated rings. The number of para-hydroxylation sites is 1. The number of carbonyl (C=O) groups is 2. The molecule has 0 unspecified atom stereocenters. The number of carboxylic acid groups (broad SMARTS) is 1. The van der Waals surface area contributed by atoms with Crippen LogP contribution in [-0.2, 0) is 11.4 Å². The highest BCUT2D eigenvalue weighted by Crippen LogP contribution is 2.26. The molecule has 0 saturated carbocycles. The maximum absolute atomic E-state index is 12.9. The molecule has 0 aliphatic carbocycles. The van der Waals surface area contributed by atoms with E-state index in [1.807, 2.05) is 0 Å². The molecule has 9 heteroatoms. The predicted molar refractivity (Wildman–Crippen MR) is 103 cm³/mol. The average molecular weight is 398 g/mol. The Morgan fingerprint density at radius 2 is 1.79 bits per heavy atom. The maximum Gasteiger partial charge on any atom is 0.322 e. The van der Waals surface area contributed by atoms with Crippen LogP contribution < -0.4 is 20.5 Å². The fraction of sp³-hybridized carbons (Fsp3) is 0.150. The number of aromatic hydroxyl groups is 1. The Morgan fingerprint density at radius 3 is 2.45 bits per heavy atom. The first-order valence-corrected chi connectivity index (χ1v) is 8.55. The van der Waals surface area contributed by atoms with Crippen molar-refractivity contribution in [2.24, 2.45) is 0 Å². The minimum atomic E-state index is -1.28. The number of aromatic nitrogens is 1. The minimum absolute atomic E-state index is 0.00879. The minimum Gasteiger partial charge on any atom is -0.506 e. The highest BCUT2D eigenvalue weighted by atomic mass is 16.7. The van der Waals surface area contributed by atoms with Crippen molar-refractivity contribution in [2.45, 2.75) is 6.61 Å². The number of nitrogens with zero attached hydrogens (tertiary/aromatic N) is 1. The van der Waals surface area contributed by atoms with Crippen LogP contribution in [-0.4, -0.2) is 40.5 Å². The summed E-state index contributed by atoms with van der Waals surface area (Å²) in [6.07, 6.45) is 0. The zero-order valence-corrected chi connectivity index (χ0v) is 15.4. The number of pyridine rings is 1. The predicted octanol–water partition coefficient (Wildman–Crippen LogP) is 1.16. The number of hydrogen-bond acceptors (Lipinski definition) is 6. The quantitative estimate of drug-likeness (QED) is 0.545. The van der Waals surface area contributed by atoms with Gasteiger partial charge in [0.25, 0.3) is 11.5 Å². The third kappa shape index (κ3) is 4.13. The second-order valence-corrected chi connectivity index (χ2v) is 6.04. The summed E-state index contributed by atoms with van der Waals surface area (Å²) in [5, 5.41) is 21.5. The average Bonchev–Trinajstić information content (AvgIpc) is 2.72. The van der Waals surface area contributed by atoms with E-state index in [1.165, 1.54) is 6.07 Å². The summed E-state index contributed by atoms with van der Waals surface area (Å²) in [6, 6.07) is 13.3. The van der Waals surface area contributed by atoms with E-state index in [9.17, 15) is 19.5 Å². The van der Waals surface area contributed by atoms with Gasteiger partial charge in [0.2, 0.25) is 0 Å². The van der Waals surface area contributed by atoms with Crippen LogP contribution in [0.3, 0.4) is 0 Å². The van der Waals surface area contributed by atoms with Crippen molar-refractivity contribution in [3.63, 3.8) is 0 Å². The summed E-state index contributed by atoms with van der Waals surface area (Å²) in [4.78, 5) is 41.5. The van der Waals surface area contributed by atoms with Crippen LogP contribution in [0.4, 0.5) is 0 Å². The smallest absolute Gasteiger partial charge is 0.322 e. The van der Waals surface area contributed by atoms with Crippen LogP contribution >= 0.6 is 0 Å². The molecule has 0 bridgehead atoms. The number of nitrogens with one attached hydrogen (secondary N) is 1. The molecule has 3 rings (SSSR count). The number of rotatable bonds is 7. The highest BCUT2D eigenvalue weighted by molar-refractivity contribution is 6.02. The van der Waals surface area contributed by atoms with Gasteiger partial charge in [-0.2, -0.15) is 0 Å². The van der Waals surface area contributed by atoms with E-state index in [-0.39, 0.29) is 17.5 Å². The zero-order valence-electron chi connectivity index (χ0n) is 15.4. The Hall–Kier alpha value is -4.01. The zero-order chi connectivity index (χ0) is 21.0. The molecule has 1 amide bonds. The Balaban J connectivity index is 2.01. The van der Waals surface area contributed by atoms with Gasteiger partial charge < -0.3 is 25.1 Å². The molecular weight excluding hydrogens is 380 g/mol. The lowest BCUT2D eigenvalue weighted by Crippen LogP contribution is -2.37. The van der Waals surface area contributed by atoms with E-state index in [4.69, 9.17) is 14.7 Å². The number of carbonyl (C=O) groups excluding carboxylic acids is 1. The standard InChI is InChI=1S/C20H18N2O7/c1-28-13-8-6-12(7-9-13)11-29-22-15-5-3-2-4-14(15)18(25)17(20(22)27)19(26)21-10-16(23)24/h2-9,25H,10-11H2,1H3,(H,21,26)(H,23,24). The number of methoxy groups -OCH3 is 1. The van der Waals surface area contributed by atoms with Gasteiger partial charge in [0, 0.05) is 5.39 Å². The Labute approximate surface area is 164 Å². The van der Waals surface area contributed by atoms with E-state index < -0.39 is 35.3 Å². The van der Waals surface area contributed by atoms with E-state index >= 15 is 0 Å². The van der Waals surface area contributed by atoms with E-state index in [1.54, 1.807) is 49.6 Å². The summed E-state index contributed by atoms with van der Waals surface area (Å²) in [6.45, 7) is -0.688. The summed E-state index contributed by atoms with van der Waals surface area (Å²) < 4.78 is 6.01. The van der Waals surface area contributed by atoms with Gasteiger partial charge in [0.1, 0.15) is 24.7 Å². The van der Waals surface area contributed by atoms with Crippen LogP contribution in [0.1, 0.15) is 15.9 Å². The first-order chi connectivity index (χ1) is 13.9. The van der Waals surface area contributed by atoms with Gasteiger partial charge in [0.05, 0.1) is 12.6 Å². The molecule has 0 radical (unpaired) electrons.